The van der Waals surface area contributed by atoms with Gasteiger partial charge in [-0.15, -0.1) is 11.3 Å². The molecule has 1 atom stereocenters. The zero-order valence-electron chi connectivity index (χ0n) is 16.2. The molecule has 0 bridgehead atoms. The molecular weight excluding hydrogens is 385 g/mol. The number of hydrogen-bond acceptors (Lipinski definition) is 3. The van der Waals surface area contributed by atoms with Gasteiger partial charge < -0.3 is 15.1 Å². The van der Waals surface area contributed by atoms with Gasteiger partial charge in [-0.3, -0.25) is 4.79 Å². The van der Waals surface area contributed by atoms with Crippen molar-refractivity contribution in [3.63, 3.8) is 0 Å². The second kappa shape index (κ2) is 9.20. The third kappa shape index (κ3) is 5.02. The lowest BCUT2D eigenvalue weighted by molar-refractivity contribution is -0.892. The first kappa shape index (κ1) is 19.6. The van der Waals surface area contributed by atoms with E-state index in [1.54, 1.807) is 11.3 Å². The highest BCUT2D eigenvalue weighted by Gasteiger charge is 2.24. The molecule has 29 heavy (non-hydrogen) atoms. The lowest BCUT2D eigenvalue weighted by Gasteiger charge is -2.33. The first-order chi connectivity index (χ1) is 14.2. The van der Waals surface area contributed by atoms with Crippen molar-refractivity contribution in [2.75, 3.05) is 37.6 Å². The van der Waals surface area contributed by atoms with Crippen LogP contribution in [0.5, 0.6) is 0 Å². The van der Waals surface area contributed by atoms with Gasteiger partial charge in [-0.25, -0.2) is 4.39 Å². The number of hydrogen-bond donors (Lipinski definition) is 2. The fraction of sp³-hybridized carbons (Fsp3) is 0.261. The predicted octanol–water partition coefficient (Wildman–Crippen LogP) is 2.50. The molecule has 4 nitrogen and oxygen atoms in total. The number of carbonyl (C=O) groups excluding carboxylic acids is 1. The second-order valence-corrected chi connectivity index (χ2v) is 8.30. The molecule has 1 amide bonds. The molecule has 1 aliphatic heterocycles. The topological polar surface area (TPSA) is 36.8 Å². The lowest BCUT2D eigenvalue weighted by atomic mass is 10.1. The number of thiophene rings is 1. The van der Waals surface area contributed by atoms with Crippen LogP contribution >= 0.6 is 11.3 Å². The molecule has 2 aromatic carbocycles. The number of anilines is 1. The summed E-state index contributed by atoms with van der Waals surface area (Å²) in [4.78, 5) is 17.5. The highest BCUT2D eigenvalue weighted by Crippen LogP contribution is 2.25. The number of nitrogens with zero attached hydrogens (tertiary/aromatic N) is 1. The van der Waals surface area contributed by atoms with Gasteiger partial charge in [0.2, 0.25) is 0 Å². The van der Waals surface area contributed by atoms with Gasteiger partial charge in [0.15, 0.2) is 6.54 Å². The van der Waals surface area contributed by atoms with Crippen molar-refractivity contribution in [2.24, 2.45) is 0 Å². The summed E-state index contributed by atoms with van der Waals surface area (Å²) in [7, 11) is 0. The highest BCUT2D eigenvalue weighted by molar-refractivity contribution is 7.10. The Hall–Kier alpha value is -2.70. The quantitative estimate of drug-likeness (QED) is 0.655. The minimum atomic E-state index is -0.214. The van der Waals surface area contributed by atoms with Crippen LogP contribution in [0.15, 0.2) is 72.1 Å². The van der Waals surface area contributed by atoms with Crippen molar-refractivity contribution < 1.29 is 14.1 Å². The predicted molar refractivity (Wildman–Crippen MR) is 115 cm³/mol. The van der Waals surface area contributed by atoms with Crippen LogP contribution in [0.1, 0.15) is 16.5 Å². The molecule has 0 spiro atoms. The Labute approximate surface area is 174 Å². The molecule has 0 radical (unpaired) electrons. The Morgan fingerprint density at radius 3 is 2.41 bits per heavy atom. The van der Waals surface area contributed by atoms with Crippen molar-refractivity contribution >= 4 is 22.9 Å². The third-order valence-corrected chi connectivity index (χ3v) is 6.28. The van der Waals surface area contributed by atoms with Gasteiger partial charge in [0, 0.05) is 10.6 Å². The monoisotopic (exact) mass is 410 g/mol. The van der Waals surface area contributed by atoms with Gasteiger partial charge in [0.1, 0.15) is 5.82 Å². The Bertz CT molecular complexity index is 907. The van der Waals surface area contributed by atoms with Crippen LogP contribution in [-0.4, -0.2) is 38.6 Å². The summed E-state index contributed by atoms with van der Waals surface area (Å²) in [5.41, 5.74) is 2.14. The first-order valence-corrected chi connectivity index (χ1v) is 10.8. The minimum Gasteiger partial charge on any atom is -0.360 e. The summed E-state index contributed by atoms with van der Waals surface area (Å²) in [6.45, 7) is 3.97. The summed E-state index contributed by atoms with van der Waals surface area (Å²) in [5.74, 6) is -0.147. The molecule has 150 valence electrons. The Balaban J connectivity index is 1.34. The molecule has 4 rings (SSSR count). The van der Waals surface area contributed by atoms with Gasteiger partial charge in [-0.1, -0.05) is 36.4 Å². The third-order valence-electron chi connectivity index (χ3n) is 5.34. The molecule has 3 aromatic rings. The first-order valence-electron chi connectivity index (χ1n) is 9.91. The van der Waals surface area contributed by atoms with Crippen LogP contribution in [0.2, 0.25) is 0 Å². The fourth-order valence-electron chi connectivity index (χ4n) is 3.77. The lowest BCUT2D eigenvalue weighted by Crippen LogP contribution is -3.16. The maximum Gasteiger partial charge on any atom is 0.275 e. The Morgan fingerprint density at radius 1 is 1.03 bits per heavy atom. The van der Waals surface area contributed by atoms with Crippen LogP contribution < -0.4 is 15.1 Å². The minimum absolute atomic E-state index is 0.0671. The van der Waals surface area contributed by atoms with Crippen LogP contribution in [0.4, 0.5) is 10.1 Å². The number of quaternary nitrogens is 1. The number of nitrogens with one attached hydrogen (secondary N) is 2. The zero-order valence-corrected chi connectivity index (χ0v) is 17.0. The van der Waals surface area contributed by atoms with Gasteiger partial charge in [-0.2, -0.15) is 0 Å². The molecule has 1 saturated heterocycles. The summed E-state index contributed by atoms with van der Waals surface area (Å²) >= 11 is 1.66. The largest absolute Gasteiger partial charge is 0.360 e. The van der Waals surface area contributed by atoms with Crippen molar-refractivity contribution in [1.29, 1.82) is 0 Å². The van der Waals surface area contributed by atoms with E-state index in [4.69, 9.17) is 0 Å². The Morgan fingerprint density at radius 2 is 1.76 bits per heavy atom. The van der Waals surface area contributed by atoms with E-state index in [1.807, 2.05) is 41.8 Å². The van der Waals surface area contributed by atoms with E-state index in [9.17, 15) is 9.18 Å². The standard InChI is InChI=1S/C23H24FN3OS/c24-19-8-10-20(11-9-19)27-14-12-26(13-15-27)17-22(28)25-23(21-7-4-16-29-21)18-5-2-1-3-6-18/h1-11,16,23H,12-15,17H2,(H,25,28)/p+1/t23-/m0/s1. The highest BCUT2D eigenvalue weighted by atomic mass is 32.1. The number of carbonyl (C=O) groups is 1. The van der Waals surface area contributed by atoms with Gasteiger partial charge in [0.25, 0.3) is 5.91 Å². The summed E-state index contributed by atoms with van der Waals surface area (Å²) in [6.07, 6.45) is 0. The molecule has 0 unspecified atom stereocenters. The van der Waals surface area contributed by atoms with Crippen molar-refractivity contribution in [3.8, 4) is 0 Å². The average molecular weight is 411 g/mol. The smallest absolute Gasteiger partial charge is 0.275 e. The van der Waals surface area contributed by atoms with Gasteiger partial charge in [0.05, 0.1) is 32.2 Å². The van der Waals surface area contributed by atoms with Gasteiger partial charge in [-0.05, 0) is 41.3 Å². The number of amides is 1. The molecular formula is C23H25FN3OS+. The summed E-state index contributed by atoms with van der Waals surface area (Å²) < 4.78 is 13.1. The van der Waals surface area contributed by atoms with E-state index >= 15 is 0 Å². The van der Waals surface area contributed by atoms with Crippen LogP contribution in [0.25, 0.3) is 0 Å². The van der Waals surface area contributed by atoms with E-state index in [0.717, 1.165) is 42.3 Å². The maximum absolute atomic E-state index is 13.1. The maximum atomic E-state index is 13.1. The summed E-state index contributed by atoms with van der Waals surface area (Å²) in [6, 6.07) is 20.7. The molecule has 6 heteroatoms. The normalized spacial score (nSPS) is 15.8. The van der Waals surface area contributed by atoms with Crippen LogP contribution in [0, 0.1) is 5.82 Å². The van der Waals surface area contributed by atoms with Crippen molar-refractivity contribution in [3.05, 3.63) is 88.4 Å². The Kier molecular flexibility index (Phi) is 6.22. The SMILES string of the molecule is O=C(C[NH+]1CCN(c2ccc(F)cc2)CC1)N[C@@H](c1ccccc1)c1cccs1. The number of rotatable bonds is 6. The molecule has 0 saturated carbocycles. The summed E-state index contributed by atoms with van der Waals surface area (Å²) in [5, 5.41) is 5.27. The van der Waals surface area contributed by atoms with E-state index in [2.05, 4.69) is 28.4 Å². The van der Waals surface area contributed by atoms with E-state index in [1.165, 1.54) is 17.0 Å². The number of halogens is 1. The van der Waals surface area contributed by atoms with Crippen molar-refractivity contribution in [2.45, 2.75) is 6.04 Å². The van der Waals surface area contributed by atoms with Crippen LogP contribution in [-0.2, 0) is 4.79 Å². The van der Waals surface area contributed by atoms with E-state index in [-0.39, 0.29) is 17.8 Å². The zero-order chi connectivity index (χ0) is 20.1. The molecule has 1 aromatic heterocycles. The molecule has 1 aliphatic rings. The molecule has 1 fully saturated rings. The van der Waals surface area contributed by atoms with Gasteiger partial charge >= 0.3 is 0 Å². The second-order valence-electron chi connectivity index (χ2n) is 7.32. The molecule has 2 N–H and O–H groups in total. The van der Waals surface area contributed by atoms with E-state index < -0.39 is 0 Å². The number of piperazine rings is 1. The molecule has 0 aliphatic carbocycles. The van der Waals surface area contributed by atoms with E-state index in [0.29, 0.717) is 6.54 Å². The fourth-order valence-corrected chi connectivity index (χ4v) is 4.57. The van der Waals surface area contributed by atoms with Crippen LogP contribution in [0.3, 0.4) is 0 Å². The van der Waals surface area contributed by atoms with Crippen molar-refractivity contribution in [1.82, 2.24) is 5.32 Å². The number of benzene rings is 2. The average Bonchev–Trinajstić information content (AvgIpc) is 3.28. The molecule has 2 heterocycles.